The number of hydrogen-bond acceptors (Lipinski definition) is 3. The molecular weight excluding hydrogens is 226 g/mol. The molecule has 1 aliphatic rings. The number of nitrogens with two attached hydrogens (primary N) is 1. The first-order valence-electron chi connectivity index (χ1n) is 6.47. The first kappa shape index (κ1) is 13.1. The largest absolute Gasteiger partial charge is 0.326 e. The van der Waals surface area contributed by atoms with Crippen molar-refractivity contribution in [3.8, 4) is 0 Å². The van der Waals surface area contributed by atoms with Crippen LogP contribution in [-0.2, 0) is 17.8 Å². The molecule has 0 unspecified atom stereocenters. The molecule has 0 aliphatic carbocycles. The van der Waals surface area contributed by atoms with Gasteiger partial charge in [0.05, 0.1) is 6.42 Å². The van der Waals surface area contributed by atoms with E-state index in [2.05, 4.69) is 19.2 Å². The highest BCUT2D eigenvalue weighted by Crippen LogP contribution is 2.29. The van der Waals surface area contributed by atoms with E-state index in [4.69, 9.17) is 5.73 Å². The van der Waals surface area contributed by atoms with Gasteiger partial charge in [0.15, 0.2) is 0 Å². The van der Waals surface area contributed by atoms with Crippen LogP contribution in [0.25, 0.3) is 0 Å². The Morgan fingerprint density at radius 2 is 2.22 bits per heavy atom. The molecule has 0 saturated heterocycles. The molecule has 0 bridgehead atoms. The first-order chi connectivity index (χ1) is 8.61. The number of carbonyl (C=O) groups excluding carboxylic acids is 1. The number of nitrogens with zero attached hydrogens (tertiary/aromatic N) is 1. The molecule has 18 heavy (non-hydrogen) atoms. The summed E-state index contributed by atoms with van der Waals surface area (Å²) in [6.45, 7) is 6.28. The van der Waals surface area contributed by atoms with Gasteiger partial charge in [0, 0.05) is 31.4 Å². The first-order valence-corrected chi connectivity index (χ1v) is 6.47. The molecule has 1 aromatic rings. The topological polar surface area (TPSA) is 58.4 Å². The molecule has 1 aromatic carbocycles. The Hall–Kier alpha value is -1.39. The van der Waals surface area contributed by atoms with E-state index >= 15 is 0 Å². The van der Waals surface area contributed by atoms with Crippen LogP contribution in [0.2, 0.25) is 0 Å². The van der Waals surface area contributed by atoms with Crippen molar-refractivity contribution in [2.24, 2.45) is 5.73 Å². The van der Waals surface area contributed by atoms with E-state index < -0.39 is 0 Å². The van der Waals surface area contributed by atoms with E-state index in [0.29, 0.717) is 19.0 Å². The molecular formula is C14H21N3O. The van der Waals surface area contributed by atoms with Crippen LogP contribution in [0.4, 0.5) is 5.69 Å². The highest BCUT2D eigenvalue weighted by molar-refractivity contribution is 6.01. The number of nitrogens with one attached hydrogen (secondary N) is 1. The average molecular weight is 247 g/mol. The molecule has 1 heterocycles. The molecule has 0 aromatic heterocycles. The maximum atomic E-state index is 12.0. The van der Waals surface area contributed by atoms with Gasteiger partial charge in [-0.15, -0.1) is 0 Å². The number of benzene rings is 1. The summed E-state index contributed by atoms with van der Waals surface area (Å²) >= 11 is 0. The Morgan fingerprint density at radius 1 is 1.44 bits per heavy atom. The fraction of sp³-hybridized carbons (Fsp3) is 0.500. The second-order valence-electron chi connectivity index (χ2n) is 5.00. The van der Waals surface area contributed by atoms with Crippen LogP contribution in [0.3, 0.4) is 0 Å². The lowest BCUT2D eigenvalue weighted by molar-refractivity contribution is -0.117. The van der Waals surface area contributed by atoms with Gasteiger partial charge in [-0.2, -0.15) is 0 Å². The number of carbonyl (C=O) groups is 1. The minimum atomic E-state index is 0.185. The monoisotopic (exact) mass is 247 g/mol. The van der Waals surface area contributed by atoms with Gasteiger partial charge in [-0.05, 0) is 17.2 Å². The molecule has 0 atom stereocenters. The average Bonchev–Trinajstić information content (AvgIpc) is 2.64. The van der Waals surface area contributed by atoms with Gasteiger partial charge in [-0.25, -0.2) is 0 Å². The van der Waals surface area contributed by atoms with Gasteiger partial charge in [-0.3, -0.25) is 4.79 Å². The van der Waals surface area contributed by atoms with Crippen LogP contribution in [0.5, 0.6) is 0 Å². The van der Waals surface area contributed by atoms with Gasteiger partial charge in [0.2, 0.25) is 5.91 Å². The zero-order valence-corrected chi connectivity index (χ0v) is 11.1. The molecule has 4 heteroatoms. The SMILES string of the molecule is CC(C)NCCN1C(=O)Cc2cc(CN)ccc21. The van der Waals surface area contributed by atoms with Crippen molar-refractivity contribution < 1.29 is 4.79 Å². The molecule has 0 fully saturated rings. The molecule has 98 valence electrons. The fourth-order valence-corrected chi connectivity index (χ4v) is 2.27. The zero-order valence-electron chi connectivity index (χ0n) is 11.1. The predicted molar refractivity (Wildman–Crippen MR) is 73.5 cm³/mol. The van der Waals surface area contributed by atoms with E-state index in [0.717, 1.165) is 29.9 Å². The van der Waals surface area contributed by atoms with Crippen LogP contribution in [-0.4, -0.2) is 25.0 Å². The smallest absolute Gasteiger partial charge is 0.231 e. The highest BCUT2D eigenvalue weighted by atomic mass is 16.2. The second-order valence-corrected chi connectivity index (χ2v) is 5.00. The van der Waals surface area contributed by atoms with Crippen molar-refractivity contribution in [3.05, 3.63) is 29.3 Å². The second kappa shape index (κ2) is 5.50. The number of fused-ring (bicyclic) bond motifs is 1. The molecule has 0 saturated carbocycles. The van der Waals surface area contributed by atoms with Crippen LogP contribution < -0.4 is 16.0 Å². The van der Waals surface area contributed by atoms with Crippen molar-refractivity contribution in [1.82, 2.24) is 5.32 Å². The summed E-state index contributed by atoms with van der Waals surface area (Å²) in [4.78, 5) is 13.8. The van der Waals surface area contributed by atoms with Crippen LogP contribution >= 0.6 is 0 Å². The van der Waals surface area contributed by atoms with Gasteiger partial charge >= 0.3 is 0 Å². The molecule has 1 amide bonds. The standard InChI is InChI=1S/C14H21N3O/c1-10(2)16-5-6-17-13-4-3-11(9-15)7-12(13)8-14(17)18/h3-4,7,10,16H,5-6,8-9,15H2,1-2H3. The van der Waals surface area contributed by atoms with Crippen LogP contribution in [0, 0.1) is 0 Å². The van der Waals surface area contributed by atoms with Crippen molar-refractivity contribution in [2.75, 3.05) is 18.0 Å². The molecule has 1 aliphatic heterocycles. The lowest BCUT2D eigenvalue weighted by Gasteiger charge is -2.19. The lowest BCUT2D eigenvalue weighted by atomic mass is 10.1. The summed E-state index contributed by atoms with van der Waals surface area (Å²) in [5.74, 6) is 0.185. The molecule has 0 spiro atoms. The van der Waals surface area contributed by atoms with Crippen molar-refractivity contribution in [3.63, 3.8) is 0 Å². The molecule has 2 rings (SSSR count). The minimum Gasteiger partial charge on any atom is -0.326 e. The molecule has 4 nitrogen and oxygen atoms in total. The van der Waals surface area contributed by atoms with Gasteiger partial charge in [0.1, 0.15) is 0 Å². The van der Waals surface area contributed by atoms with Gasteiger partial charge in [0.25, 0.3) is 0 Å². The fourth-order valence-electron chi connectivity index (χ4n) is 2.27. The van der Waals surface area contributed by atoms with E-state index in [1.165, 1.54) is 0 Å². The van der Waals surface area contributed by atoms with E-state index in [1.54, 1.807) is 0 Å². The quantitative estimate of drug-likeness (QED) is 0.817. The van der Waals surface area contributed by atoms with E-state index in [-0.39, 0.29) is 5.91 Å². The molecule has 3 N–H and O–H groups in total. The number of amides is 1. The Morgan fingerprint density at radius 3 is 2.89 bits per heavy atom. The third kappa shape index (κ3) is 2.71. The van der Waals surface area contributed by atoms with Crippen LogP contribution in [0.15, 0.2) is 18.2 Å². The maximum Gasteiger partial charge on any atom is 0.231 e. The van der Waals surface area contributed by atoms with Crippen molar-refractivity contribution in [2.45, 2.75) is 32.9 Å². The Balaban J connectivity index is 2.08. The van der Waals surface area contributed by atoms with E-state index in [9.17, 15) is 4.79 Å². The summed E-state index contributed by atoms with van der Waals surface area (Å²) in [6, 6.07) is 6.50. The normalized spacial score (nSPS) is 14.4. The Labute approximate surface area is 108 Å². The third-order valence-electron chi connectivity index (χ3n) is 3.20. The van der Waals surface area contributed by atoms with Crippen molar-refractivity contribution in [1.29, 1.82) is 0 Å². The van der Waals surface area contributed by atoms with Crippen molar-refractivity contribution >= 4 is 11.6 Å². The summed E-state index contributed by atoms with van der Waals surface area (Å²) in [7, 11) is 0. The minimum absolute atomic E-state index is 0.185. The zero-order chi connectivity index (χ0) is 13.1. The summed E-state index contributed by atoms with van der Waals surface area (Å²) < 4.78 is 0. The summed E-state index contributed by atoms with van der Waals surface area (Å²) in [5, 5.41) is 3.33. The summed E-state index contributed by atoms with van der Waals surface area (Å²) in [6.07, 6.45) is 0.505. The molecule has 0 radical (unpaired) electrons. The third-order valence-corrected chi connectivity index (χ3v) is 3.20. The maximum absolute atomic E-state index is 12.0. The van der Waals surface area contributed by atoms with Crippen LogP contribution in [0.1, 0.15) is 25.0 Å². The highest BCUT2D eigenvalue weighted by Gasteiger charge is 2.26. The van der Waals surface area contributed by atoms with Gasteiger partial charge < -0.3 is 16.0 Å². The lowest BCUT2D eigenvalue weighted by Crippen LogP contribution is -2.36. The van der Waals surface area contributed by atoms with E-state index in [1.807, 2.05) is 23.1 Å². The Bertz CT molecular complexity index is 443. The van der Waals surface area contributed by atoms with Gasteiger partial charge in [-0.1, -0.05) is 26.0 Å². The number of anilines is 1. The number of rotatable bonds is 5. The number of hydrogen-bond donors (Lipinski definition) is 2. The Kier molecular flexibility index (Phi) is 3.99. The predicted octanol–water partition coefficient (Wildman–Crippen LogP) is 1.03. The summed E-state index contributed by atoms with van der Waals surface area (Å²) in [5.41, 5.74) is 8.85.